The molecule has 0 bridgehead atoms. The zero-order valence-corrected chi connectivity index (χ0v) is 11.4. The quantitative estimate of drug-likeness (QED) is 0.796. The van der Waals surface area contributed by atoms with Crippen LogP contribution in [0.15, 0.2) is 55.1 Å². The number of fused-ring (bicyclic) bond motifs is 1. The van der Waals surface area contributed by atoms with Crippen molar-refractivity contribution < 1.29 is 4.79 Å². The second-order valence-electron chi connectivity index (χ2n) is 4.64. The third-order valence-corrected chi connectivity index (χ3v) is 3.14. The minimum Gasteiger partial charge on any atom is -0.324 e. The summed E-state index contributed by atoms with van der Waals surface area (Å²) in [7, 11) is 0. The average molecular weight is 278 g/mol. The molecule has 21 heavy (non-hydrogen) atoms. The van der Waals surface area contributed by atoms with Crippen LogP contribution >= 0.6 is 0 Å². The summed E-state index contributed by atoms with van der Waals surface area (Å²) in [5.41, 5.74) is 3.21. The number of carbonyl (C=O) groups is 1. The van der Waals surface area contributed by atoms with Crippen LogP contribution in [0.25, 0.3) is 11.0 Å². The van der Waals surface area contributed by atoms with Crippen molar-refractivity contribution in [1.29, 1.82) is 0 Å². The zero-order valence-electron chi connectivity index (χ0n) is 11.4. The van der Waals surface area contributed by atoms with Gasteiger partial charge in [0.05, 0.1) is 11.2 Å². The standard InChI is InChI=1S/C16H14N4O/c21-15(7-6-12-3-2-8-17-11-12)20-14-5-1-4-13-16(14)19-10-9-18-13/h1-5,8-11H,6-7H2,(H,20,21). The lowest BCUT2D eigenvalue weighted by atomic mass is 10.1. The van der Waals surface area contributed by atoms with Gasteiger partial charge < -0.3 is 5.32 Å². The lowest BCUT2D eigenvalue weighted by molar-refractivity contribution is -0.116. The number of carbonyl (C=O) groups excluding carboxylic acids is 1. The summed E-state index contributed by atoms with van der Waals surface area (Å²) in [6.45, 7) is 0. The van der Waals surface area contributed by atoms with Crippen LogP contribution in [0.5, 0.6) is 0 Å². The summed E-state index contributed by atoms with van der Waals surface area (Å²) in [5.74, 6) is -0.0444. The summed E-state index contributed by atoms with van der Waals surface area (Å²) in [4.78, 5) is 24.6. The van der Waals surface area contributed by atoms with Gasteiger partial charge in [0.15, 0.2) is 0 Å². The maximum atomic E-state index is 12.0. The van der Waals surface area contributed by atoms with Crippen LogP contribution in [0.1, 0.15) is 12.0 Å². The number of amides is 1. The van der Waals surface area contributed by atoms with E-state index in [1.807, 2.05) is 30.3 Å². The highest BCUT2D eigenvalue weighted by Crippen LogP contribution is 2.19. The third kappa shape index (κ3) is 3.20. The highest BCUT2D eigenvalue weighted by Gasteiger charge is 2.07. The molecule has 1 amide bonds. The fourth-order valence-corrected chi connectivity index (χ4v) is 2.11. The number of nitrogens with zero attached hydrogens (tertiary/aromatic N) is 3. The Balaban J connectivity index is 1.69. The SMILES string of the molecule is O=C(CCc1cccnc1)Nc1cccc2nccnc12. The first-order valence-electron chi connectivity index (χ1n) is 6.71. The van der Waals surface area contributed by atoms with Crippen molar-refractivity contribution >= 4 is 22.6 Å². The number of benzene rings is 1. The number of rotatable bonds is 4. The van der Waals surface area contributed by atoms with Gasteiger partial charge in [-0.15, -0.1) is 0 Å². The topological polar surface area (TPSA) is 67.8 Å². The molecule has 0 saturated heterocycles. The van der Waals surface area contributed by atoms with Crippen molar-refractivity contribution in [3.8, 4) is 0 Å². The molecule has 0 aliphatic carbocycles. The van der Waals surface area contributed by atoms with E-state index in [2.05, 4.69) is 20.3 Å². The van der Waals surface area contributed by atoms with Crippen LogP contribution in [-0.2, 0) is 11.2 Å². The van der Waals surface area contributed by atoms with Gasteiger partial charge in [-0.1, -0.05) is 12.1 Å². The zero-order chi connectivity index (χ0) is 14.5. The van der Waals surface area contributed by atoms with Crippen LogP contribution in [0.3, 0.4) is 0 Å². The number of nitrogens with one attached hydrogen (secondary N) is 1. The predicted molar refractivity (Wildman–Crippen MR) is 80.7 cm³/mol. The van der Waals surface area contributed by atoms with Gasteiger partial charge in [0.2, 0.25) is 5.91 Å². The second kappa shape index (κ2) is 6.09. The number of anilines is 1. The molecule has 0 spiro atoms. The van der Waals surface area contributed by atoms with Crippen molar-refractivity contribution in [3.05, 3.63) is 60.7 Å². The predicted octanol–water partition coefficient (Wildman–Crippen LogP) is 2.60. The van der Waals surface area contributed by atoms with Crippen molar-refractivity contribution in [2.75, 3.05) is 5.32 Å². The Hall–Kier alpha value is -2.82. The smallest absolute Gasteiger partial charge is 0.224 e. The Morgan fingerprint density at radius 3 is 2.81 bits per heavy atom. The minimum absolute atomic E-state index is 0.0444. The number of hydrogen-bond acceptors (Lipinski definition) is 4. The van der Waals surface area contributed by atoms with Gasteiger partial charge in [0.25, 0.3) is 0 Å². The van der Waals surface area contributed by atoms with Gasteiger partial charge in [0.1, 0.15) is 5.52 Å². The third-order valence-electron chi connectivity index (χ3n) is 3.14. The molecule has 1 aromatic carbocycles. The number of pyridine rings is 1. The summed E-state index contributed by atoms with van der Waals surface area (Å²) in [6.07, 6.45) is 7.82. The van der Waals surface area contributed by atoms with Gasteiger partial charge in [-0.2, -0.15) is 0 Å². The first-order chi connectivity index (χ1) is 10.3. The Labute approximate surface area is 122 Å². The van der Waals surface area contributed by atoms with Crippen molar-refractivity contribution in [3.63, 3.8) is 0 Å². The monoisotopic (exact) mass is 278 g/mol. The molecular formula is C16H14N4O. The van der Waals surface area contributed by atoms with Crippen LogP contribution < -0.4 is 5.32 Å². The number of hydrogen-bond donors (Lipinski definition) is 1. The van der Waals surface area contributed by atoms with E-state index >= 15 is 0 Å². The van der Waals surface area contributed by atoms with E-state index in [0.717, 1.165) is 11.1 Å². The second-order valence-corrected chi connectivity index (χ2v) is 4.64. The van der Waals surface area contributed by atoms with Gasteiger partial charge in [-0.3, -0.25) is 19.7 Å². The highest BCUT2D eigenvalue weighted by molar-refractivity contribution is 5.99. The van der Waals surface area contributed by atoms with Crippen LogP contribution in [-0.4, -0.2) is 20.9 Å². The Morgan fingerprint density at radius 1 is 1.05 bits per heavy atom. The number of aryl methyl sites for hydroxylation is 1. The Bertz CT molecular complexity index is 753. The van der Waals surface area contributed by atoms with E-state index in [-0.39, 0.29) is 5.91 Å². The maximum absolute atomic E-state index is 12.0. The van der Waals surface area contributed by atoms with E-state index in [1.165, 1.54) is 0 Å². The molecule has 3 rings (SSSR count). The molecule has 0 radical (unpaired) electrons. The Morgan fingerprint density at radius 2 is 1.95 bits per heavy atom. The first kappa shape index (κ1) is 13.2. The van der Waals surface area contributed by atoms with E-state index in [1.54, 1.807) is 24.8 Å². The molecule has 3 aromatic rings. The summed E-state index contributed by atoms with van der Waals surface area (Å²) in [6, 6.07) is 9.39. The van der Waals surface area contributed by atoms with Crippen molar-refractivity contribution in [2.24, 2.45) is 0 Å². The molecule has 0 fully saturated rings. The van der Waals surface area contributed by atoms with Crippen LogP contribution in [0.4, 0.5) is 5.69 Å². The van der Waals surface area contributed by atoms with E-state index in [4.69, 9.17) is 0 Å². The fraction of sp³-hybridized carbons (Fsp3) is 0.125. The highest BCUT2D eigenvalue weighted by atomic mass is 16.1. The largest absolute Gasteiger partial charge is 0.324 e. The number of para-hydroxylation sites is 1. The maximum Gasteiger partial charge on any atom is 0.224 e. The van der Waals surface area contributed by atoms with Crippen LogP contribution in [0, 0.1) is 0 Å². The van der Waals surface area contributed by atoms with Gasteiger partial charge in [0, 0.05) is 31.2 Å². The minimum atomic E-state index is -0.0444. The van der Waals surface area contributed by atoms with Gasteiger partial charge in [-0.25, -0.2) is 0 Å². The van der Waals surface area contributed by atoms with Gasteiger partial charge in [-0.05, 0) is 30.2 Å². The molecule has 2 aromatic heterocycles. The van der Waals surface area contributed by atoms with E-state index in [0.29, 0.717) is 24.0 Å². The summed E-state index contributed by atoms with van der Waals surface area (Å²) in [5, 5.41) is 2.89. The molecule has 5 nitrogen and oxygen atoms in total. The molecule has 1 N–H and O–H groups in total. The van der Waals surface area contributed by atoms with Crippen LogP contribution in [0.2, 0.25) is 0 Å². The Kier molecular flexibility index (Phi) is 3.82. The lowest BCUT2D eigenvalue weighted by Crippen LogP contribution is -2.13. The summed E-state index contributed by atoms with van der Waals surface area (Å²) < 4.78 is 0. The molecule has 0 unspecified atom stereocenters. The molecule has 2 heterocycles. The van der Waals surface area contributed by atoms with Gasteiger partial charge >= 0.3 is 0 Å². The first-order valence-corrected chi connectivity index (χ1v) is 6.71. The van der Waals surface area contributed by atoms with Crippen molar-refractivity contribution in [2.45, 2.75) is 12.8 Å². The normalized spacial score (nSPS) is 10.5. The molecule has 104 valence electrons. The molecule has 0 aliphatic heterocycles. The van der Waals surface area contributed by atoms with E-state index < -0.39 is 0 Å². The van der Waals surface area contributed by atoms with E-state index in [9.17, 15) is 4.79 Å². The average Bonchev–Trinajstić information content (AvgIpc) is 2.54. The molecular weight excluding hydrogens is 264 g/mol. The molecule has 5 heteroatoms. The lowest BCUT2D eigenvalue weighted by Gasteiger charge is -2.07. The summed E-state index contributed by atoms with van der Waals surface area (Å²) >= 11 is 0. The molecule has 0 aliphatic rings. The molecule has 0 saturated carbocycles. The fourth-order valence-electron chi connectivity index (χ4n) is 2.11. The number of aromatic nitrogens is 3. The van der Waals surface area contributed by atoms with Crippen molar-refractivity contribution in [1.82, 2.24) is 15.0 Å². The molecule has 0 atom stereocenters.